The van der Waals surface area contributed by atoms with Gasteiger partial charge in [0, 0.05) is 30.8 Å². The first-order valence-corrected chi connectivity index (χ1v) is 8.59. The minimum atomic E-state index is -0.330. The number of nitrogens with one attached hydrogen (secondary N) is 3. The molecule has 1 heterocycles. The van der Waals surface area contributed by atoms with E-state index in [2.05, 4.69) is 22.5 Å². The van der Waals surface area contributed by atoms with Gasteiger partial charge in [0.1, 0.15) is 0 Å². The average molecular weight is 357 g/mol. The molecule has 3 N–H and O–H groups in total. The van der Waals surface area contributed by atoms with Crippen molar-refractivity contribution in [1.29, 1.82) is 0 Å². The minimum Gasteiger partial charge on any atom is -0.334 e. The molecule has 0 saturated carbocycles. The fourth-order valence-corrected chi connectivity index (χ4v) is 2.68. The van der Waals surface area contributed by atoms with Crippen LogP contribution in [0.15, 0.2) is 54.4 Å². The zero-order chi connectivity index (χ0) is 18.1. The van der Waals surface area contributed by atoms with E-state index >= 15 is 0 Å². The van der Waals surface area contributed by atoms with Crippen LogP contribution < -0.4 is 16.0 Å². The fraction of sp³-hybridized carbons (Fsp3) is 0.167. The fourth-order valence-electron chi connectivity index (χ4n) is 1.99. The quantitative estimate of drug-likeness (QED) is 0.498. The predicted molar refractivity (Wildman–Crippen MR) is 100 cm³/mol. The molecule has 0 aliphatic heterocycles. The zero-order valence-corrected chi connectivity index (χ0v) is 14.4. The predicted octanol–water partition coefficient (Wildman–Crippen LogP) is 3.66. The van der Waals surface area contributed by atoms with Gasteiger partial charge < -0.3 is 16.0 Å². The van der Waals surface area contributed by atoms with Crippen molar-refractivity contribution >= 4 is 40.4 Å². The van der Waals surface area contributed by atoms with E-state index in [0.29, 0.717) is 22.8 Å². The molecule has 2 rings (SSSR count). The number of thiophene rings is 1. The number of rotatable bonds is 8. The summed E-state index contributed by atoms with van der Waals surface area (Å²) >= 11 is 1.37. The Morgan fingerprint density at radius 2 is 1.68 bits per heavy atom. The maximum absolute atomic E-state index is 11.9. The molecule has 6 nitrogen and oxygen atoms in total. The minimum absolute atomic E-state index is 0.0322. The van der Waals surface area contributed by atoms with Gasteiger partial charge in [0.25, 0.3) is 0 Å². The van der Waals surface area contributed by atoms with Crippen LogP contribution in [-0.4, -0.2) is 24.3 Å². The van der Waals surface area contributed by atoms with Crippen LogP contribution in [0.25, 0.3) is 0 Å². The van der Waals surface area contributed by atoms with Crippen molar-refractivity contribution in [3.05, 3.63) is 59.3 Å². The van der Waals surface area contributed by atoms with Gasteiger partial charge in [-0.1, -0.05) is 12.1 Å². The molecule has 0 spiro atoms. The second-order valence-corrected chi connectivity index (χ2v) is 6.10. The third-order valence-corrected chi connectivity index (χ3v) is 4.12. The molecular weight excluding hydrogens is 338 g/mol. The number of Topliss-reactive ketones (excluding diaryl/α,β-unsaturated/α-hetero) is 1. The summed E-state index contributed by atoms with van der Waals surface area (Å²) in [5.74, 6) is -0.260. The van der Waals surface area contributed by atoms with Gasteiger partial charge in [0.15, 0.2) is 5.78 Å². The number of urea groups is 1. The van der Waals surface area contributed by atoms with Crippen LogP contribution in [0, 0.1) is 0 Å². The SMILES string of the molecule is C=CCNC(=O)Nc1ccc(NC(=O)CCC(=O)c2cccs2)cc1. The van der Waals surface area contributed by atoms with Crippen LogP contribution in [-0.2, 0) is 4.79 Å². The molecule has 25 heavy (non-hydrogen) atoms. The maximum atomic E-state index is 11.9. The summed E-state index contributed by atoms with van der Waals surface area (Å²) in [5, 5.41) is 9.82. The van der Waals surface area contributed by atoms with E-state index in [9.17, 15) is 14.4 Å². The average Bonchev–Trinajstić information content (AvgIpc) is 3.14. The van der Waals surface area contributed by atoms with Crippen LogP contribution in [0.1, 0.15) is 22.5 Å². The smallest absolute Gasteiger partial charge is 0.319 e. The highest BCUT2D eigenvalue weighted by Gasteiger charge is 2.10. The normalized spacial score (nSPS) is 9.92. The molecule has 130 valence electrons. The Hall–Kier alpha value is -2.93. The Kier molecular flexibility index (Phi) is 6.91. The van der Waals surface area contributed by atoms with Gasteiger partial charge in [-0.25, -0.2) is 4.79 Å². The zero-order valence-electron chi connectivity index (χ0n) is 13.6. The Balaban J connectivity index is 1.78. The van der Waals surface area contributed by atoms with Crippen LogP contribution in [0.2, 0.25) is 0 Å². The van der Waals surface area contributed by atoms with Gasteiger partial charge in [-0.15, -0.1) is 17.9 Å². The summed E-state index contributed by atoms with van der Waals surface area (Å²) in [6.45, 7) is 3.90. The topological polar surface area (TPSA) is 87.3 Å². The summed E-state index contributed by atoms with van der Waals surface area (Å²) in [5.41, 5.74) is 1.21. The maximum Gasteiger partial charge on any atom is 0.319 e. The van der Waals surface area contributed by atoms with Crippen molar-refractivity contribution in [3.63, 3.8) is 0 Å². The largest absolute Gasteiger partial charge is 0.334 e. The molecule has 0 fully saturated rings. The van der Waals surface area contributed by atoms with Crippen molar-refractivity contribution in [2.24, 2.45) is 0 Å². The number of carbonyl (C=O) groups is 3. The first-order valence-electron chi connectivity index (χ1n) is 7.71. The Morgan fingerprint density at radius 3 is 2.28 bits per heavy atom. The lowest BCUT2D eigenvalue weighted by atomic mass is 10.2. The van der Waals surface area contributed by atoms with Crippen molar-refractivity contribution in [2.75, 3.05) is 17.2 Å². The molecule has 0 unspecified atom stereocenters. The summed E-state index contributed by atoms with van der Waals surface area (Å²) in [6.07, 6.45) is 1.89. The Morgan fingerprint density at radius 1 is 1.00 bits per heavy atom. The molecule has 0 aliphatic carbocycles. The van der Waals surface area contributed by atoms with Gasteiger partial charge in [-0.3, -0.25) is 9.59 Å². The van der Waals surface area contributed by atoms with E-state index in [1.807, 2.05) is 11.4 Å². The molecule has 0 radical (unpaired) electrons. The van der Waals surface area contributed by atoms with Gasteiger partial charge in [0.05, 0.1) is 4.88 Å². The van der Waals surface area contributed by atoms with E-state index in [1.54, 1.807) is 36.4 Å². The van der Waals surface area contributed by atoms with E-state index in [-0.39, 0.29) is 30.6 Å². The molecular formula is C18H19N3O3S. The Bertz CT molecular complexity index is 739. The summed E-state index contributed by atoms with van der Waals surface area (Å²) in [6, 6.07) is 9.96. The summed E-state index contributed by atoms with van der Waals surface area (Å²) < 4.78 is 0. The van der Waals surface area contributed by atoms with Crippen molar-refractivity contribution < 1.29 is 14.4 Å². The summed E-state index contributed by atoms with van der Waals surface area (Å²) in [7, 11) is 0. The number of amides is 3. The lowest BCUT2D eigenvalue weighted by molar-refractivity contribution is -0.116. The number of anilines is 2. The standard InChI is InChI=1S/C18H19N3O3S/c1-2-11-19-18(24)21-14-7-5-13(6-8-14)20-17(23)10-9-15(22)16-4-3-12-25-16/h2-8,12H,1,9-11H2,(H,20,23)(H2,19,21,24). The van der Waals surface area contributed by atoms with Crippen LogP contribution in [0.4, 0.5) is 16.2 Å². The molecule has 1 aromatic carbocycles. The molecule has 0 atom stereocenters. The van der Waals surface area contributed by atoms with E-state index in [0.717, 1.165) is 0 Å². The first-order chi connectivity index (χ1) is 12.1. The molecule has 3 amide bonds. The number of benzene rings is 1. The van der Waals surface area contributed by atoms with Crippen molar-refractivity contribution in [1.82, 2.24) is 5.32 Å². The van der Waals surface area contributed by atoms with Crippen LogP contribution >= 0.6 is 11.3 Å². The van der Waals surface area contributed by atoms with Gasteiger partial charge >= 0.3 is 6.03 Å². The van der Waals surface area contributed by atoms with Gasteiger partial charge in [-0.2, -0.15) is 0 Å². The second-order valence-electron chi connectivity index (χ2n) is 5.15. The van der Waals surface area contributed by atoms with E-state index in [4.69, 9.17) is 0 Å². The lowest BCUT2D eigenvalue weighted by Crippen LogP contribution is -2.28. The highest BCUT2D eigenvalue weighted by Crippen LogP contribution is 2.15. The molecule has 1 aromatic heterocycles. The van der Waals surface area contributed by atoms with E-state index < -0.39 is 0 Å². The van der Waals surface area contributed by atoms with Crippen molar-refractivity contribution in [2.45, 2.75) is 12.8 Å². The summed E-state index contributed by atoms with van der Waals surface area (Å²) in [4.78, 5) is 36.0. The molecule has 7 heteroatoms. The molecule has 2 aromatic rings. The highest BCUT2D eigenvalue weighted by atomic mass is 32.1. The van der Waals surface area contributed by atoms with Crippen molar-refractivity contribution in [3.8, 4) is 0 Å². The first kappa shape index (κ1) is 18.4. The molecule has 0 aliphatic rings. The lowest BCUT2D eigenvalue weighted by Gasteiger charge is -2.08. The van der Waals surface area contributed by atoms with Gasteiger partial charge in [0.2, 0.25) is 5.91 Å². The van der Waals surface area contributed by atoms with Crippen LogP contribution in [0.5, 0.6) is 0 Å². The number of ketones is 1. The third kappa shape index (κ3) is 6.23. The van der Waals surface area contributed by atoms with Crippen LogP contribution in [0.3, 0.4) is 0 Å². The third-order valence-electron chi connectivity index (χ3n) is 3.21. The van der Waals surface area contributed by atoms with Gasteiger partial charge in [-0.05, 0) is 35.7 Å². The monoisotopic (exact) mass is 357 g/mol. The number of hydrogen-bond acceptors (Lipinski definition) is 4. The number of carbonyl (C=O) groups excluding carboxylic acids is 3. The second kappa shape index (κ2) is 9.39. The molecule has 0 bridgehead atoms. The molecule has 0 saturated heterocycles. The number of hydrogen-bond donors (Lipinski definition) is 3. The van der Waals surface area contributed by atoms with E-state index in [1.165, 1.54) is 11.3 Å². The Labute approximate surface area is 149 Å². The highest BCUT2D eigenvalue weighted by molar-refractivity contribution is 7.12.